The predicted molar refractivity (Wildman–Crippen MR) is 78.3 cm³/mol. The van der Waals surface area contributed by atoms with Crippen molar-refractivity contribution in [3.63, 3.8) is 0 Å². The molecule has 0 spiro atoms. The predicted octanol–water partition coefficient (Wildman–Crippen LogP) is 2.48. The van der Waals surface area contributed by atoms with Gasteiger partial charge in [-0.3, -0.25) is 0 Å². The lowest BCUT2D eigenvalue weighted by atomic mass is 10.0. The second-order valence-electron chi connectivity index (χ2n) is 4.81. The average Bonchev–Trinajstić information content (AvgIpc) is 2.81. The molecule has 3 rings (SSSR count). The van der Waals surface area contributed by atoms with E-state index in [4.69, 9.17) is 16.9 Å². The molecule has 0 amide bonds. The minimum Gasteiger partial charge on any atom is -0.478 e. The van der Waals surface area contributed by atoms with Gasteiger partial charge in [0, 0.05) is 30.9 Å². The third-order valence-electron chi connectivity index (χ3n) is 3.61. The third-order valence-corrected chi connectivity index (χ3v) is 4.00. The molecule has 1 aromatic carbocycles. The molecule has 0 unspecified atom stereocenters. The number of carboxylic acid groups (broad SMARTS) is 1. The first-order valence-corrected chi connectivity index (χ1v) is 6.86. The lowest BCUT2D eigenvalue weighted by Gasteiger charge is -2.17. The van der Waals surface area contributed by atoms with Crippen LogP contribution in [-0.2, 0) is 13.1 Å². The van der Waals surface area contributed by atoms with Crippen molar-refractivity contribution in [3.8, 4) is 17.2 Å². The van der Waals surface area contributed by atoms with Gasteiger partial charge in [-0.25, -0.2) is 4.79 Å². The van der Waals surface area contributed by atoms with Crippen molar-refractivity contribution in [2.75, 3.05) is 6.54 Å². The maximum absolute atomic E-state index is 11.7. The lowest BCUT2D eigenvalue weighted by Crippen LogP contribution is -2.28. The molecule has 0 bridgehead atoms. The minimum absolute atomic E-state index is 0.210. The van der Waals surface area contributed by atoms with Crippen molar-refractivity contribution in [1.82, 2.24) is 9.88 Å². The average molecular weight is 302 g/mol. The van der Waals surface area contributed by atoms with Gasteiger partial charge in [0.1, 0.15) is 5.15 Å². The number of carboxylic acids is 1. The van der Waals surface area contributed by atoms with Gasteiger partial charge in [0.2, 0.25) is 0 Å². The van der Waals surface area contributed by atoms with Crippen LogP contribution in [0.4, 0.5) is 0 Å². The Balaban J connectivity index is 2.29. The Morgan fingerprint density at radius 2 is 2.29 bits per heavy atom. The molecule has 1 aliphatic rings. The largest absolute Gasteiger partial charge is 0.478 e. The van der Waals surface area contributed by atoms with Gasteiger partial charge in [-0.2, -0.15) is 5.26 Å². The smallest absolute Gasteiger partial charge is 0.338 e. The summed E-state index contributed by atoms with van der Waals surface area (Å²) in [4.78, 5) is 11.7. The number of halogens is 1. The minimum atomic E-state index is -1.01. The SMILES string of the molecule is N#Cc1cccc(-c2c(C(=O)O)c3n(c2Cl)CCNC3)c1. The number of fused-ring (bicyclic) bond motifs is 1. The van der Waals surface area contributed by atoms with E-state index in [1.807, 2.05) is 4.57 Å². The number of nitriles is 1. The molecule has 1 aliphatic heterocycles. The normalized spacial score (nSPS) is 13.5. The molecule has 0 aliphatic carbocycles. The van der Waals surface area contributed by atoms with E-state index in [0.29, 0.717) is 40.6 Å². The molecular weight excluding hydrogens is 290 g/mol. The van der Waals surface area contributed by atoms with Crippen molar-refractivity contribution >= 4 is 17.6 Å². The fourth-order valence-electron chi connectivity index (χ4n) is 2.69. The lowest BCUT2D eigenvalue weighted by molar-refractivity contribution is 0.0696. The molecular formula is C15H12ClN3O2. The fraction of sp³-hybridized carbons (Fsp3) is 0.200. The van der Waals surface area contributed by atoms with E-state index in [1.54, 1.807) is 24.3 Å². The van der Waals surface area contributed by atoms with Crippen molar-refractivity contribution in [3.05, 3.63) is 46.2 Å². The maximum Gasteiger partial charge on any atom is 0.338 e. The molecule has 1 aromatic heterocycles. The van der Waals surface area contributed by atoms with Crippen molar-refractivity contribution in [2.45, 2.75) is 13.1 Å². The van der Waals surface area contributed by atoms with Crippen LogP contribution in [0.2, 0.25) is 5.15 Å². The summed E-state index contributed by atoms with van der Waals surface area (Å²) in [6, 6.07) is 8.89. The van der Waals surface area contributed by atoms with E-state index in [9.17, 15) is 9.90 Å². The first-order chi connectivity index (χ1) is 10.1. The molecule has 2 N–H and O–H groups in total. The van der Waals surface area contributed by atoms with Gasteiger partial charge in [0.15, 0.2) is 0 Å². The van der Waals surface area contributed by atoms with E-state index in [-0.39, 0.29) is 5.56 Å². The number of aromatic nitrogens is 1. The van der Waals surface area contributed by atoms with Gasteiger partial charge in [-0.1, -0.05) is 23.7 Å². The van der Waals surface area contributed by atoms with Gasteiger partial charge in [-0.05, 0) is 17.7 Å². The van der Waals surface area contributed by atoms with Crippen molar-refractivity contribution < 1.29 is 9.90 Å². The van der Waals surface area contributed by atoms with Crippen LogP contribution in [-0.4, -0.2) is 22.2 Å². The highest BCUT2D eigenvalue weighted by molar-refractivity contribution is 6.33. The van der Waals surface area contributed by atoms with Gasteiger partial charge in [-0.15, -0.1) is 0 Å². The number of carbonyl (C=O) groups is 1. The van der Waals surface area contributed by atoms with Crippen LogP contribution in [0.3, 0.4) is 0 Å². The number of nitrogens with zero attached hydrogens (tertiary/aromatic N) is 2. The Hall–Kier alpha value is -2.29. The zero-order valence-corrected chi connectivity index (χ0v) is 11.8. The Labute approximate surface area is 126 Å². The van der Waals surface area contributed by atoms with Crippen LogP contribution in [0, 0.1) is 11.3 Å². The zero-order valence-electron chi connectivity index (χ0n) is 11.1. The quantitative estimate of drug-likeness (QED) is 0.893. The number of nitrogens with one attached hydrogen (secondary N) is 1. The van der Waals surface area contributed by atoms with Crippen molar-refractivity contribution in [1.29, 1.82) is 5.26 Å². The summed E-state index contributed by atoms with van der Waals surface area (Å²) in [7, 11) is 0. The molecule has 106 valence electrons. The highest BCUT2D eigenvalue weighted by Gasteiger charge is 2.28. The Bertz CT molecular complexity index is 774. The van der Waals surface area contributed by atoms with Crippen LogP contribution in [0.25, 0.3) is 11.1 Å². The topological polar surface area (TPSA) is 78.1 Å². The van der Waals surface area contributed by atoms with Gasteiger partial charge < -0.3 is 15.0 Å². The molecule has 0 radical (unpaired) electrons. The highest BCUT2D eigenvalue weighted by Crippen LogP contribution is 2.37. The maximum atomic E-state index is 11.7. The summed E-state index contributed by atoms with van der Waals surface area (Å²) in [6.07, 6.45) is 0. The van der Waals surface area contributed by atoms with Gasteiger partial charge in [0.25, 0.3) is 0 Å². The zero-order chi connectivity index (χ0) is 15.0. The van der Waals surface area contributed by atoms with E-state index in [1.165, 1.54) is 0 Å². The Morgan fingerprint density at radius 3 is 3.00 bits per heavy atom. The third kappa shape index (κ3) is 2.19. The van der Waals surface area contributed by atoms with E-state index in [0.717, 1.165) is 6.54 Å². The van der Waals surface area contributed by atoms with E-state index < -0.39 is 5.97 Å². The van der Waals surface area contributed by atoms with E-state index >= 15 is 0 Å². The van der Waals surface area contributed by atoms with Gasteiger partial charge >= 0.3 is 5.97 Å². The summed E-state index contributed by atoms with van der Waals surface area (Å²) in [5.41, 5.74) is 2.50. The number of rotatable bonds is 2. The second kappa shape index (κ2) is 5.24. The molecule has 0 saturated carbocycles. The molecule has 2 heterocycles. The fourth-order valence-corrected chi connectivity index (χ4v) is 3.08. The monoisotopic (exact) mass is 301 g/mol. The summed E-state index contributed by atoms with van der Waals surface area (Å²) in [5.74, 6) is -1.01. The van der Waals surface area contributed by atoms with Crippen LogP contribution in [0.1, 0.15) is 21.6 Å². The molecule has 0 fully saturated rings. The standard InChI is InChI=1S/C15H12ClN3O2/c16-14-12(10-3-1-2-9(6-10)7-17)13(15(20)21)11-8-18-4-5-19(11)14/h1-3,6,18H,4-5,8H2,(H,20,21). The Morgan fingerprint density at radius 1 is 1.48 bits per heavy atom. The first-order valence-electron chi connectivity index (χ1n) is 6.49. The van der Waals surface area contributed by atoms with Crippen molar-refractivity contribution in [2.24, 2.45) is 0 Å². The summed E-state index contributed by atoms with van der Waals surface area (Å²) < 4.78 is 1.83. The number of aromatic carboxylic acids is 1. The highest BCUT2D eigenvalue weighted by atomic mass is 35.5. The summed E-state index contributed by atoms with van der Waals surface area (Å²) in [5, 5.41) is 22.1. The molecule has 5 nitrogen and oxygen atoms in total. The first kappa shape index (κ1) is 13.7. The van der Waals surface area contributed by atoms with Gasteiger partial charge in [0.05, 0.1) is 17.2 Å². The molecule has 21 heavy (non-hydrogen) atoms. The molecule has 6 heteroatoms. The summed E-state index contributed by atoms with van der Waals surface area (Å²) >= 11 is 6.41. The van der Waals surface area contributed by atoms with Crippen LogP contribution >= 0.6 is 11.6 Å². The number of benzene rings is 1. The Kier molecular flexibility index (Phi) is 3.42. The van der Waals surface area contributed by atoms with Crippen LogP contribution in [0.15, 0.2) is 24.3 Å². The van der Waals surface area contributed by atoms with Crippen LogP contribution < -0.4 is 5.32 Å². The molecule has 2 aromatic rings. The van der Waals surface area contributed by atoms with Crippen LogP contribution in [0.5, 0.6) is 0 Å². The second-order valence-corrected chi connectivity index (χ2v) is 5.17. The summed E-state index contributed by atoms with van der Waals surface area (Å²) in [6.45, 7) is 1.85. The number of hydrogen-bond acceptors (Lipinski definition) is 3. The molecule has 0 atom stereocenters. The molecule has 0 saturated heterocycles. The van der Waals surface area contributed by atoms with E-state index in [2.05, 4.69) is 11.4 Å². The number of hydrogen-bond donors (Lipinski definition) is 2.